The molecule has 2 atom stereocenters. The van der Waals surface area contributed by atoms with Crippen molar-refractivity contribution in [2.75, 3.05) is 20.2 Å². The van der Waals surface area contributed by atoms with E-state index in [1.165, 1.54) is 7.11 Å². The van der Waals surface area contributed by atoms with Crippen molar-refractivity contribution in [3.63, 3.8) is 0 Å². The maximum absolute atomic E-state index is 12.8. The van der Waals surface area contributed by atoms with Crippen LogP contribution in [-0.2, 0) is 9.53 Å². The van der Waals surface area contributed by atoms with Crippen molar-refractivity contribution in [3.05, 3.63) is 64.7 Å². The van der Waals surface area contributed by atoms with Crippen LogP contribution in [0.25, 0.3) is 0 Å². The standard InChI is InChI=1S/C25H31ClN2O4/c1-17(18-8-10-19(11-9-18)24(30)31-4)27-23(29)15-25(2,3)28-13-12-22(16-28)32-21-7-5-6-20(26)14-21/h5-11,14,17,22H,12-13,15-16H2,1-4H3,(H,27,29)/t17?,22-/m1/s1. The second-order valence-electron chi connectivity index (χ2n) is 8.82. The zero-order valence-corrected chi connectivity index (χ0v) is 19.8. The molecular formula is C25H31ClN2O4. The summed E-state index contributed by atoms with van der Waals surface area (Å²) in [6.45, 7) is 7.74. The van der Waals surface area contributed by atoms with Gasteiger partial charge in [-0.15, -0.1) is 0 Å². The molecule has 1 unspecified atom stereocenters. The summed E-state index contributed by atoms with van der Waals surface area (Å²) in [4.78, 5) is 26.7. The topological polar surface area (TPSA) is 67.9 Å². The third-order valence-electron chi connectivity index (χ3n) is 5.90. The van der Waals surface area contributed by atoms with Crippen LogP contribution < -0.4 is 10.1 Å². The van der Waals surface area contributed by atoms with Crippen LogP contribution in [0.1, 0.15) is 55.6 Å². The highest BCUT2D eigenvalue weighted by Gasteiger charge is 2.36. The minimum absolute atomic E-state index is 0.0150. The number of hydrogen-bond acceptors (Lipinski definition) is 5. The van der Waals surface area contributed by atoms with Crippen molar-refractivity contribution in [2.24, 2.45) is 0 Å². The van der Waals surface area contributed by atoms with E-state index in [9.17, 15) is 9.59 Å². The highest BCUT2D eigenvalue weighted by molar-refractivity contribution is 6.30. The number of nitrogens with one attached hydrogen (secondary N) is 1. The smallest absolute Gasteiger partial charge is 0.337 e. The van der Waals surface area contributed by atoms with E-state index in [-0.39, 0.29) is 29.6 Å². The molecule has 6 nitrogen and oxygen atoms in total. The highest BCUT2D eigenvalue weighted by Crippen LogP contribution is 2.28. The van der Waals surface area contributed by atoms with Crippen molar-refractivity contribution in [1.29, 1.82) is 0 Å². The Morgan fingerprint density at radius 1 is 1.22 bits per heavy atom. The molecule has 1 N–H and O–H groups in total. The fourth-order valence-corrected chi connectivity index (χ4v) is 4.19. The van der Waals surface area contributed by atoms with Crippen LogP contribution in [0.2, 0.25) is 5.02 Å². The summed E-state index contributed by atoms with van der Waals surface area (Å²) in [5, 5.41) is 3.72. The van der Waals surface area contributed by atoms with Crippen LogP contribution in [0.5, 0.6) is 5.75 Å². The molecule has 0 radical (unpaired) electrons. The number of nitrogens with zero attached hydrogens (tertiary/aromatic N) is 1. The molecule has 1 saturated heterocycles. The first kappa shape index (κ1) is 24.1. The number of rotatable bonds is 8. The van der Waals surface area contributed by atoms with Gasteiger partial charge >= 0.3 is 5.97 Å². The van der Waals surface area contributed by atoms with Gasteiger partial charge in [-0.1, -0.05) is 29.8 Å². The lowest BCUT2D eigenvalue weighted by Gasteiger charge is -2.35. The Labute approximate surface area is 194 Å². The fourth-order valence-electron chi connectivity index (χ4n) is 4.01. The van der Waals surface area contributed by atoms with E-state index >= 15 is 0 Å². The zero-order chi connectivity index (χ0) is 23.3. The van der Waals surface area contributed by atoms with Crippen LogP contribution in [-0.4, -0.2) is 48.6 Å². The molecule has 0 spiro atoms. The summed E-state index contributed by atoms with van der Waals surface area (Å²) in [7, 11) is 1.35. The summed E-state index contributed by atoms with van der Waals surface area (Å²) < 4.78 is 10.8. The average Bonchev–Trinajstić information content (AvgIpc) is 3.22. The van der Waals surface area contributed by atoms with Gasteiger partial charge in [0.1, 0.15) is 11.9 Å². The summed E-state index contributed by atoms with van der Waals surface area (Å²) in [6, 6.07) is 14.3. The molecule has 1 fully saturated rings. The number of halogens is 1. The number of likely N-dealkylation sites (tertiary alicyclic amines) is 1. The molecule has 1 heterocycles. The Morgan fingerprint density at radius 2 is 1.94 bits per heavy atom. The van der Waals surface area contributed by atoms with Gasteiger partial charge < -0.3 is 14.8 Å². The van der Waals surface area contributed by atoms with Crippen LogP contribution in [0.3, 0.4) is 0 Å². The van der Waals surface area contributed by atoms with Crippen molar-refractivity contribution in [3.8, 4) is 5.75 Å². The number of methoxy groups -OCH3 is 1. The maximum atomic E-state index is 12.8. The van der Waals surface area contributed by atoms with Gasteiger partial charge in [-0.3, -0.25) is 9.69 Å². The van der Waals surface area contributed by atoms with Crippen molar-refractivity contribution >= 4 is 23.5 Å². The first-order chi connectivity index (χ1) is 15.2. The van der Waals surface area contributed by atoms with E-state index < -0.39 is 0 Å². The number of carbonyl (C=O) groups excluding carboxylic acids is 2. The Balaban J connectivity index is 1.52. The number of amides is 1. The first-order valence-corrected chi connectivity index (χ1v) is 11.2. The van der Waals surface area contributed by atoms with Gasteiger partial charge in [0.2, 0.25) is 5.91 Å². The summed E-state index contributed by atoms with van der Waals surface area (Å²) in [5.74, 6) is 0.379. The van der Waals surface area contributed by atoms with E-state index in [2.05, 4.69) is 24.1 Å². The van der Waals surface area contributed by atoms with Crippen LogP contribution in [0.4, 0.5) is 0 Å². The quantitative estimate of drug-likeness (QED) is 0.584. The summed E-state index contributed by atoms with van der Waals surface area (Å²) in [6.07, 6.45) is 1.35. The SMILES string of the molecule is COC(=O)c1ccc(C(C)NC(=O)CC(C)(C)N2CC[C@@H](Oc3cccc(Cl)c3)C2)cc1. The lowest BCUT2D eigenvalue weighted by atomic mass is 9.97. The minimum atomic E-state index is -0.377. The molecule has 0 saturated carbocycles. The molecular weight excluding hydrogens is 428 g/mol. The van der Waals surface area contributed by atoms with Crippen LogP contribution in [0, 0.1) is 0 Å². The molecule has 1 aliphatic heterocycles. The third-order valence-corrected chi connectivity index (χ3v) is 6.14. The van der Waals surface area contributed by atoms with Crippen LogP contribution in [0.15, 0.2) is 48.5 Å². The maximum Gasteiger partial charge on any atom is 0.337 e. The number of benzene rings is 2. The molecule has 2 aromatic rings. The minimum Gasteiger partial charge on any atom is -0.489 e. The fraction of sp³-hybridized carbons (Fsp3) is 0.440. The molecule has 0 bridgehead atoms. The molecule has 172 valence electrons. The van der Waals surface area contributed by atoms with Crippen LogP contribution >= 0.6 is 11.6 Å². The van der Waals surface area contributed by atoms with Gasteiger partial charge in [-0.2, -0.15) is 0 Å². The number of hydrogen-bond donors (Lipinski definition) is 1. The normalized spacial score (nSPS) is 17.6. The number of carbonyl (C=O) groups is 2. The number of esters is 1. The molecule has 0 aromatic heterocycles. The Morgan fingerprint density at radius 3 is 2.59 bits per heavy atom. The molecule has 0 aliphatic carbocycles. The lowest BCUT2D eigenvalue weighted by Crippen LogP contribution is -2.46. The molecule has 1 aliphatic rings. The Bertz CT molecular complexity index is 945. The van der Waals surface area contributed by atoms with E-state index in [4.69, 9.17) is 21.1 Å². The van der Waals surface area contributed by atoms with E-state index in [0.717, 1.165) is 30.8 Å². The van der Waals surface area contributed by atoms with E-state index in [0.29, 0.717) is 17.0 Å². The van der Waals surface area contributed by atoms with Crippen molar-refractivity contribution in [2.45, 2.75) is 51.3 Å². The second kappa shape index (κ2) is 10.4. The Hall–Kier alpha value is -2.57. The van der Waals surface area contributed by atoms with Crippen molar-refractivity contribution in [1.82, 2.24) is 10.2 Å². The predicted molar refractivity (Wildman–Crippen MR) is 125 cm³/mol. The van der Waals surface area contributed by atoms with E-state index in [1.807, 2.05) is 43.3 Å². The zero-order valence-electron chi connectivity index (χ0n) is 19.1. The van der Waals surface area contributed by atoms with Gasteiger partial charge in [0, 0.05) is 30.1 Å². The van der Waals surface area contributed by atoms with Gasteiger partial charge in [-0.05, 0) is 63.1 Å². The van der Waals surface area contributed by atoms with Gasteiger partial charge in [0.05, 0.1) is 18.7 Å². The average molecular weight is 459 g/mol. The highest BCUT2D eigenvalue weighted by atomic mass is 35.5. The van der Waals surface area contributed by atoms with Gasteiger partial charge in [-0.25, -0.2) is 4.79 Å². The molecule has 2 aromatic carbocycles. The monoisotopic (exact) mass is 458 g/mol. The Kier molecular flexibility index (Phi) is 7.80. The lowest BCUT2D eigenvalue weighted by molar-refractivity contribution is -0.124. The van der Waals surface area contributed by atoms with Gasteiger partial charge in [0.25, 0.3) is 0 Å². The van der Waals surface area contributed by atoms with E-state index in [1.54, 1.807) is 12.1 Å². The molecule has 7 heteroatoms. The molecule has 32 heavy (non-hydrogen) atoms. The van der Waals surface area contributed by atoms with Crippen molar-refractivity contribution < 1.29 is 19.1 Å². The number of ether oxygens (including phenoxy) is 2. The molecule has 3 rings (SSSR count). The predicted octanol–water partition coefficient (Wildman–Crippen LogP) is 4.63. The van der Waals surface area contributed by atoms with Gasteiger partial charge in [0.15, 0.2) is 0 Å². The third kappa shape index (κ3) is 6.24. The largest absolute Gasteiger partial charge is 0.489 e. The summed E-state index contributed by atoms with van der Waals surface area (Å²) >= 11 is 6.05. The first-order valence-electron chi connectivity index (χ1n) is 10.8. The second-order valence-corrected chi connectivity index (χ2v) is 9.26. The molecule has 1 amide bonds. The summed E-state index contributed by atoms with van der Waals surface area (Å²) in [5.41, 5.74) is 1.12.